The number of hydrogen-bond donors (Lipinski definition) is 0. The third-order valence-electron chi connectivity index (χ3n) is 4.43. The first-order valence-electron chi connectivity index (χ1n) is 7.45. The van der Waals surface area contributed by atoms with E-state index in [0.29, 0.717) is 5.92 Å². The van der Waals surface area contributed by atoms with Gasteiger partial charge in [0, 0.05) is 39.2 Å². The number of anilines is 1. The number of ether oxygens (including phenoxy) is 2. The minimum Gasteiger partial charge on any atom is -0.385 e. The van der Waals surface area contributed by atoms with Gasteiger partial charge in [0.15, 0.2) is 0 Å². The third kappa shape index (κ3) is 2.94. The van der Waals surface area contributed by atoms with Crippen molar-refractivity contribution in [1.29, 1.82) is 0 Å². The van der Waals surface area contributed by atoms with Crippen LogP contribution in [-0.4, -0.2) is 49.0 Å². The van der Waals surface area contributed by atoms with Crippen molar-refractivity contribution in [2.75, 3.05) is 38.3 Å². The van der Waals surface area contributed by atoms with Gasteiger partial charge in [-0.25, -0.2) is 4.98 Å². The molecule has 0 bridgehead atoms. The molecule has 3 rings (SSSR count). The van der Waals surface area contributed by atoms with Crippen LogP contribution in [0.4, 0.5) is 5.82 Å². The Hall–Kier alpha value is -1.20. The molecule has 20 heavy (non-hydrogen) atoms. The molecule has 1 aromatic heterocycles. The highest BCUT2D eigenvalue weighted by molar-refractivity contribution is 5.36. The quantitative estimate of drug-likeness (QED) is 0.841. The van der Waals surface area contributed by atoms with Crippen LogP contribution in [0.3, 0.4) is 0 Å². The van der Waals surface area contributed by atoms with Gasteiger partial charge in [-0.05, 0) is 31.6 Å². The molecule has 2 aliphatic rings. The molecule has 110 valence electrons. The van der Waals surface area contributed by atoms with Crippen LogP contribution < -0.4 is 4.90 Å². The van der Waals surface area contributed by atoms with Crippen molar-refractivity contribution in [2.24, 2.45) is 5.92 Å². The van der Waals surface area contributed by atoms with E-state index in [0.717, 1.165) is 57.8 Å². The zero-order chi connectivity index (χ0) is 13.8. The van der Waals surface area contributed by atoms with Crippen LogP contribution in [0.25, 0.3) is 0 Å². The lowest BCUT2D eigenvalue weighted by molar-refractivity contribution is -0.00737. The molecule has 5 nitrogen and oxygen atoms in total. The maximum Gasteiger partial charge on any atom is 0.147 e. The fraction of sp³-hybridized carbons (Fsp3) is 0.733. The summed E-state index contributed by atoms with van der Waals surface area (Å²) in [6.45, 7) is 3.69. The highest BCUT2D eigenvalue weighted by Gasteiger charge is 2.43. The van der Waals surface area contributed by atoms with Crippen LogP contribution in [-0.2, 0) is 9.47 Å². The average molecular weight is 277 g/mol. The third-order valence-corrected chi connectivity index (χ3v) is 4.43. The molecule has 2 atom stereocenters. The van der Waals surface area contributed by atoms with Crippen molar-refractivity contribution < 1.29 is 9.47 Å². The zero-order valence-electron chi connectivity index (χ0n) is 12.1. The second kappa shape index (κ2) is 6.06. The largest absolute Gasteiger partial charge is 0.385 e. The summed E-state index contributed by atoms with van der Waals surface area (Å²) in [7, 11) is 1.77. The molecule has 0 amide bonds. The summed E-state index contributed by atoms with van der Waals surface area (Å²) in [4.78, 5) is 10.9. The van der Waals surface area contributed by atoms with E-state index in [1.54, 1.807) is 19.5 Å². The topological polar surface area (TPSA) is 47.5 Å². The van der Waals surface area contributed by atoms with Gasteiger partial charge in [0.1, 0.15) is 5.82 Å². The van der Waals surface area contributed by atoms with Gasteiger partial charge in [-0.2, -0.15) is 0 Å². The molecular weight excluding hydrogens is 254 g/mol. The van der Waals surface area contributed by atoms with Crippen molar-refractivity contribution in [2.45, 2.75) is 31.3 Å². The van der Waals surface area contributed by atoms with Crippen LogP contribution in [0.1, 0.15) is 25.7 Å². The predicted octanol–water partition coefficient (Wildman–Crippen LogP) is 1.89. The average Bonchev–Trinajstić information content (AvgIpc) is 2.89. The number of rotatable bonds is 4. The maximum absolute atomic E-state index is 6.20. The van der Waals surface area contributed by atoms with E-state index in [4.69, 9.17) is 9.47 Å². The number of hydrogen-bond acceptors (Lipinski definition) is 5. The maximum atomic E-state index is 6.20. The lowest BCUT2D eigenvalue weighted by Crippen LogP contribution is -2.48. The smallest absolute Gasteiger partial charge is 0.147 e. The molecule has 2 saturated heterocycles. The van der Waals surface area contributed by atoms with Gasteiger partial charge in [0.2, 0.25) is 0 Å². The normalized spacial score (nSPS) is 30.1. The van der Waals surface area contributed by atoms with Crippen molar-refractivity contribution >= 4 is 5.82 Å². The van der Waals surface area contributed by atoms with Gasteiger partial charge in [-0.1, -0.05) is 0 Å². The number of piperidine rings is 1. The van der Waals surface area contributed by atoms with Gasteiger partial charge in [0.25, 0.3) is 0 Å². The Balaban J connectivity index is 1.64. The SMILES string of the molecule is COCCC1COC2(CCCN(c3cnccn3)C2)C1. The molecule has 2 fully saturated rings. The monoisotopic (exact) mass is 277 g/mol. The number of nitrogens with zero attached hydrogens (tertiary/aromatic N) is 3. The second-order valence-corrected chi connectivity index (χ2v) is 5.93. The Morgan fingerprint density at radius 3 is 3.25 bits per heavy atom. The number of methoxy groups -OCH3 is 1. The molecule has 0 radical (unpaired) electrons. The summed E-state index contributed by atoms with van der Waals surface area (Å²) in [6, 6.07) is 0. The molecule has 2 aliphatic heterocycles. The van der Waals surface area contributed by atoms with Gasteiger partial charge in [0.05, 0.1) is 18.4 Å². The van der Waals surface area contributed by atoms with Crippen molar-refractivity contribution in [3.05, 3.63) is 18.6 Å². The first kappa shape index (κ1) is 13.8. The van der Waals surface area contributed by atoms with E-state index in [1.807, 2.05) is 6.20 Å². The minimum atomic E-state index is 0.0220. The first-order valence-corrected chi connectivity index (χ1v) is 7.45. The molecule has 0 aliphatic carbocycles. The Bertz CT molecular complexity index is 428. The molecule has 1 aromatic rings. The fourth-order valence-electron chi connectivity index (χ4n) is 3.44. The summed E-state index contributed by atoms with van der Waals surface area (Å²) < 4.78 is 11.4. The molecular formula is C15H23N3O2. The lowest BCUT2D eigenvalue weighted by atomic mass is 9.86. The summed E-state index contributed by atoms with van der Waals surface area (Å²) >= 11 is 0. The highest BCUT2D eigenvalue weighted by Crippen LogP contribution is 2.39. The minimum absolute atomic E-state index is 0.0220. The van der Waals surface area contributed by atoms with Crippen LogP contribution in [0.15, 0.2) is 18.6 Å². The van der Waals surface area contributed by atoms with Crippen molar-refractivity contribution in [3.8, 4) is 0 Å². The molecule has 0 N–H and O–H groups in total. The molecule has 0 aromatic carbocycles. The van der Waals surface area contributed by atoms with E-state index in [9.17, 15) is 0 Å². The summed E-state index contributed by atoms with van der Waals surface area (Å²) in [5, 5.41) is 0. The summed E-state index contributed by atoms with van der Waals surface area (Å²) in [5.41, 5.74) is 0.0220. The first-order chi connectivity index (χ1) is 9.81. The van der Waals surface area contributed by atoms with E-state index >= 15 is 0 Å². The molecule has 5 heteroatoms. The van der Waals surface area contributed by atoms with Crippen LogP contribution in [0, 0.1) is 5.92 Å². The van der Waals surface area contributed by atoms with Gasteiger partial charge in [-0.15, -0.1) is 0 Å². The van der Waals surface area contributed by atoms with Crippen LogP contribution >= 0.6 is 0 Å². The summed E-state index contributed by atoms with van der Waals surface area (Å²) in [6.07, 6.45) is 9.89. The van der Waals surface area contributed by atoms with Crippen molar-refractivity contribution in [1.82, 2.24) is 9.97 Å². The van der Waals surface area contributed by atoms with Crippen molar-refractivity contribution in [3.63, 3.8) is 0 Å². The van der Waals surface area contributed by atoms with Gasteiger partial charge >= 0.3 is 0 Å². The zero-order valence-corrected chi connectivity index (χ0v) is 12.1. The molecule has 3 heterocycles. The number of aromatic nitrogens is 2. The van der Waals surface area contributed by atoms with E-state index in [2.05, 4.69) is 14.9 Å². The standard InChI is InChI=1S/C15H23N3O2/c1-19-8-3-13-9-15(20-11-13)4-2-7-18(12-15)14-10-16-5-6-17-14/h5-6,10,13H,2-4,7-9,11-12H2,1H3. The Kier molecular flexibility index (Phi) is 4.17. The molecule has 1 spiro atoms. The highest BCUT2D eigenvalue weighted by atomic mass is 16.5. The van der Waals surface area contributed by atoms with Crippen LogP contribution in [0.2, 0.25) is 0 Å². The molecule has 0 saturated carbocycles. The van der Waals surface area contributed by atoms with Gasteiger partial charge in [-0.3, -0.25) is 4.98 Å². The van der Waals surface area contributed by atoms with E-state index in [-0.39, 0.29) is 5.60 Å². The Morgan fingerprint density at radius 1 is 1.50 bits per heavy atom. The van der Waals surface area contributed by atoms with Gasteiger partial charge < -0.3 is 14.4 Å². The Morgan fingerprint density at radius 2 is 2.45 bits per heavy atom. The summed E-state index contributed by atoms with van der Waals surface area (Å²) in [5.74, 6) is 1.60. The lowest BCUT2D eigenvalue weighted by Gasteiger charge is -2.40. The second-order valence-electron chi connectivity index (χ2n) is 5.93. The van der Waals surface area contributed by atoms with Crippen LogP contribution in [0.5, 0.6) is 0 Å². The van der Waals surface area contributed by atoms with E-state index in [1.165, 1.54) is 0 Å². The fourth-order valence-corrected chi connectivity index (χ4v) is 3.44. The Labute approximate surface area is 120 Å². The predicted molar refractivity (Wildman–Crippen MR) is 76.8 cm³/mol. The van der Waals surface area contributed by atoms with E-state index < -0.39 is 0 Å². The molecule has 2 unspecified atom stereocenters.